The number of benzene rings is 4. The Morgan fingerprint density at radius 3 is 2.09 bits per heavy atom. The van der Waals surface area contributed by atoms with Gasteiger partial charge in [-0.1, -0.05) is 90.3 Å². The molecule has 1 N–H and O–H groups in total. The topological polar surface area (TPSA) is 86.8 Å². The van der Waals surface area contributed by atoms with Gasteiger partial charge in [0.1, 0.15) is 12.6 Å². The van der Waals surface area contributed by atoms with Crippen LogP contribution in [0.2, 0.25) is 10.0 Å². The molecule has 242 valence electrons. The van der Waals surface area contributed by atoms with Crippen molar-refractivity contribution in [3.05, 3.63) is 129 Å². The van der Waals surface area contributed by atoms with Crippen LogP contribution < -0.4 is 9.62 Å². The third-order valence-electron chi connectivity index (χ3n) is 7.56. The van der Waals surface area contributed by atoms with Gasteiger partial charge in [0.15, 0.2) is 0 Å². The summed E-state index contributed by atoms with van der Waals surface area (Å²) in [6.07, 6.45) is 0.914. The van der Waals surface area contributed by atoms with Crippen molar-refractivity contribution in [2.45, 2.75) is 58.0 Å². The Kier molecular flexibility index (Phi) is 11.9. The molecule has 0 saturated carbocycles. The molecule has 7 nitrogen and oxygen atoms in total. The zero-order chi connectivity index (χ0) is 33.4. The molecule has 0 radical (unpaired) electrons. The fourth-order valence-electron chi connectivity index (χ4n) is 5.21. The van der Waals surface area contributed by atoms with Crippen LogP contribution in [0.25, 0.3) is 0 Å². The lowest BCUT2D eigenvalue weighted by Crippen LogP contribution is -2.53. The summed E-state index contributed by atoms with van der Waals surface area (Å²) in [5.41, 5.74) is 4.36. The zero-order valence-electron chi connectivity index (χ0n) is 26.5. The first-order chi connectivity index (χ1) is 21.9. The molecule has 0 fully saturated rings. The van der Waals surface area contributed by atoms with Gasteiger partial charge in [0.25, 0.3) is 10.0 Å². The SMILES string of the molecule is CCCNC(=O)[C@@H](Cc1ccccc1)N(Cc1ccc(Cl)cc1Cl)C(=O)CN(c1cc(C)cc(C)c1)S(=O)(=O)c1ccc(C)cc1. The minimum Gasteiger partial charge on any atom is -0.354 e. The number of rotatable bonds is 13. The predicted molar refractivity (Wildman–Crippen MR) is 186 cm³/mol. The van der Waals surface area contributed by atoms with Crippen molar-refractivity contribution in [3.63, 3.8) is 0 Å². The van der Waals surface area contributed by atoms with Crippen molar-refractivity contribution in [3.8, 4) is 0 Å². The molecule has 0 aromatic heterocycles. The van der Waals surface area contributed by atoms with Crippen LogP contribution in [-0.4, -0.2) is 44.3 Å². The second-order valence-electron chi connectivity index (χ2n) is 11.4. The first kappa shape index (κ1) is 35.0. The molecule has 0 spiro atoms. The predicted octanol–water partition coefficient (Wildman–Crippen LogP) is 7.28. The number of carbonyl (C=O) groups is 2. The molecule has 4 rings (SSSR count). The highest BCUT2D eigenvalue weighted by Crippen LogP contribution is 2.28. The fourth-order valence-corrected chi connectivity index (χ4v) is 7.08. The summed E-state index contributed by atoms with van der Waals surface area (Å²) in [6, 6.07) is 25.3. The Balaban J connectivity index is 1.84. The lowest BCUT2D eigenvalue weighted by atomic mass is 10.0. The van der Waals surface area contributed by atoms with Crippen molar-refractivity contribution in [1.29, 1.82) is 0 Å². The smallest absolute Gasteiger partial charge is 0.264 e. The lowest BCUT2D eigenvalue weighted by molar-refractivity contribution is -0.140. The van der Waals surface area contributed by atoms with E-state index in [2.05, 4.69) is 5.32 Å². The highest BCUT2D eigenvalue weighted by molar-refractivity contribution is 7.92. The molecule has 2 amide bonds. The summed E-state index contributed by atoms with van der Waals surface area (Å²) in [6.45, 7) is 7.39. The molecule has 0 heterocycles. The van der Waals surface area contributed by atoms with E-state index in [1.165, 1.54) is 17.0 Å². The van der Waals surface area contributed by atoms with E-state index < -0.39 is 28.5 Å². The Bertz CT molecular complexity index is 1760. The molecule has 0 saturated heterocycles. The first-order valence-corrected chi connectivity index (χ1v) is 17.3. The molecule has 46 heavy (non-hydrogen) atoms. The van der Waals surface area contributed by atoms with Crippen LogP contribution in [0.4, 0.5) is 5.69 Å². The van der Waals surface area contributed by atoms with Crippen molar-refractivity contribution < 1.29 is 18.0 Å². The standard InChI is InChI=1S/C36H39Cl2N3O4S/c1-5-17-39-36(43)34(21-28-9-7-6-8-10-28)40(23-29-13-14-30(37)22-33(29)38)35(42)24-41(31-19-26(3)18-27(4)20-31)46(44,45)32-15-11-25(2)12-16-32/h6-16,18-20,22,34H,5,17,21,23-24H2,1-4H3,(H,39,43)/t34-/m1/s1. The van der Waals surface area contributed by atoms with Crippen LogP contribution in [0.1, 0.15) is 41.2 Å². The maximum absolute atomic E-state index is 14.6. The van der Waals surface area contributed by atoms with Gasteiger partial charge in [0.2, 0.25) is 11.8 Å². The summed E-state index contributed by atoms with van der Waals surface area (Å²) in [5.74, 6) is -0.906. The maximum atomic E-state index is 14.6. The molecule has 0 unspecified atom stereocenters. The Labute approximate surface area is 282 Å². The highest BCUT2D eigenvalue weighted by Gasteiger charge is 2.35. The van der Waals surface area contributed by atoms with E-state index >= 15 is 0 Å². The van der Waals surface area contributed by atoms with Gasteiger partial charge in [0, 0.05) is 29.6 Å². The van der Waals surface area contributed by atoms with E-state index in [9.17, 15) is 18.0 Å². The van der Waals surface area contributed by atoms with E-state index in [1.54, 1.807) is 42.5 Å². The molecule has 0 aliphatic rings. The van der Waals surface area contributed by atoms with Gasteiger partial charge in [0.05, 0.1) is 10.6 Å². The normalized spacial score (nSPS) is 12.0. The molecular weight excluding hydrogens is 641 g/mol. The van der Waals surface area contributed by atoms with E-state index in [0.717, 1.165) is 26.6 Å². The van der Waals surface area contributed by atoms with E-state index in [0.29, 0.717) is 34.3 Å². The van der Waals surface area contributed by atoms with Crippen LogP contribution in [0.3, 0.4) is 0 Å². The third-order valence-corrected chi connectivity index (χ3v) is 9.93. The zero-order valence-corrected chi connectivity index (χ0v) is 28.8. The van der Waals surface area contributed by atoms with Gasteiger partial charge >= 0.3 is 0 Å². The van der Waals surface area contributed by atoms with Crippen LogP contribution in [0.5, 0.6) is 0 Å². The molecular formula is C36H39Cl2N3O4S. The van der Waals surface area contributed by atoms with Crippen LogP contribution in [-0.2, 0) is 32.6 Å². The highest BCUT2D eigenvalue weighted by atomic mass is 35.5. The number of carbonyl (C=O) groups excluding carboxylic acids is 2. The Morgan fingerprint density at radius 1 is 0.826 bits per heavy atom. The van der Waals surface area contributed by atoms with Gasteiger partial charge in [-0.15, -0.1) is 0 Å². The lowest BCUT2D eigenvalue weighted by Gasteiger charge is -2.34. The van der Waals surface area contributed by atoms with Crippen LogP contribution >= 0.6 is 23.2 Å². The average molecular weight is 681 g/mol. The minimum absolute atomic E-state index is 0.0445. The number of amides is 2. The van der Waals surface area contributed by atoms with Crippen molar-refractivity contribution in [2.75, 3.05) is 17.4 Å². The number of hydrogen-bond donors (Lipinski definition) is 1. The molecule has 4 aromatic rings. The number of anilines is 1. The van der Waals surface area contributed by atoms with Crippen molar-refractivity contribution >= 4 is 50.7 Å². The number of halogens is 2. The van der Waals surface area contributed by atoms with E-state index in [-0.39, 0.29) is 23.8 Å². The number of aryl methyl sites for hydroxylation is 3. The van der Waals surface area contributed by atoms with Crippen LogP contribution in [0.15, 0.2) is 95.9 Å². The summed E-state index contributed by atoms with van der Waals surface area (Å²) in [5, 5.41) is 3.70. The summed E-state index contributed by atoms with van der Waals surface area (Å²) in [7, 11) is -4.20. The van der Waals surface area contributed by atoms with Gasteiger partial charge in [-0.25, -0.2) is 8.42 Å². The first-order valence-electron chi connectivity index (χ1n) is 15.1. The summed E-state index contributed by atoms with van der Waals surface area (Å²) >= 11 is 12.8. The maximum Gasteiger partial charge on any atom is 0.264 e. The molecule has 0 aliphatic carbocycles. The fraction of sp³-hybridized carbons (Fsp3) is 0.278. The molecule has 0 bridgehead atoms. The summed E-state index contributed by atoms with van der Waals surface area (Å²) < 4.78 is 29.6. The number of nitrogens with one attached hydrogen (secondary N) is 1. The molecule has 1 atom stereocenters. The molecule has 0 aliphatic heterocycles. The largest absolute Gasteiger partial charge is 0.354 e. The van der Waals surface area contributed by atoms with E-state index in [4.69, 9.17) is 23.2 Å². The number of sulfonamides is 1. The van der Waals surface area contributed by atoms with Gasteiger partial charge < -0.3 is 10.2 Å². The molecule has 10 heteroatoms. The van der Waals surface area contributed by atoms with Gasteiger partial charge in [-0.05, 0) is 85.8 Å². The second kappa shape index (κ2) is 15.6. The Hall–Kier alpha value is -3.85. The van der Waals surface area contributed by atoms with Gasteiger partial charge in [-0.3, -0.25) is 13.9 Å². The summed E-state index contributed by atoms with van der Waals surface area (Å²) in [4.78, 5) is 29.9. The van der Waals surface area contributed by atoms with E-state index in [1.807, 2.05) is 64.1 Å². The quantitative estimate of drug-likeness (QED) is 0.161. The van der Waals surface area contributed by atoms with Crippen LogP contribution in [0, 0.1) is 20.8 Å². The average Bonchev–Trinajstić information content (AvgIpc) is 3.01. The van der Waals surface area contributed by atoms with Crippen molar-refractivity contribution in [1.82, 2.24) is 10.2 Å². The Morgan fingerprint density at radius 2 is 1.48 bits per heavy atom. The number of nitrogens with zero attached hydrogens (tertiary/aromatic N) is 2. The molecule has 4 aromatic carbocycles. The monoisotopic (exact) mass is 679 g/mol. The van der Waals surface area contributed by atoms with Gasteiger partial charge in [-0.2, -0.15) is 0 Å². The second-order valence-corrected chi connectivity index (χ2v) is 14.1. The number of hydrogen-bond acceptors (Lipinski definition) is 4. The van der Waals surface area contributed by atoms with Crippen molar-refractivity contribution in [2.24, 2.45) is 0 Å². The third kappa shape index (κ3) is 8.90. The minimum atomic E-state index is -4.20.